The number of rotatable bonds is 8. The Morgan fingerprint density at radius 2 is 1.94 bits per heavy atom. The van der Waals surface area contributed by atoms with E-state index in [1.165, 1.54) is 6.42 Å². The highest BCUT2D eigenvalue weighted by atomic mass is 35.5. The molecule has 0 aromatic heterocycles. The highest BCUT2D eigenvalue weighted by Crippen LogP contribution is 2.28. The molecule has 2 fully saturated rings. The number of amides is 2. The summed E-state index contributed by atoms with van der Waals surface area (Å²) in [7, 11) is 0. The first-order valence-electron chi connectivity index (χ1n) is 10.8. The van der Waals surface area contributed by atoms with Crippen LogP contribution in [0.2, 0.25) is 5.02 Å². The van der Waals surface area contributed by atoms with Crippen molar-refractivity contribution >= 4 is 29.4 Å². The molecular weight excluding hydrogens is 422 g/mol. The first-order chi connectivity index (χ1) is 14.9. The van der Waals surface area contributed by atoms with Gasteiger partial charge in [0.25, 0.3) is 0 Å². The molecule has 1 saturated heterocycles. The number of nitrogens with two attached hydrogens (primary N) is 1. The van der Waals surface area contributed by atoms with Gasteiger partial charge in [-0.2, -0.15) is 0 Å². The predicted octanol–water partition coefficient (Wildman–Crippen LogP) is 2.32. The SMILES string of the molecule is N[C@@H](C(=O)N1CCC[C@H]1C(=O)NCc1cc(Cl)ccc1OCC(=O)O)C1CCCCC1. The van der Waals surface area contributed by atoms with Gasteiger partial charge in [-0.1, -0.05) is 30.9 Å². The zero-order valence-electron chi connectivity index (χ0n) is 17.5. The summed E-state index contributed by atoms with van der Waals surface area (Å²) < 4.78 is 5.28. The Bertz CT molecular complexity index is 812. The standard InChI is InChI=1S/C22H30ClN3O5/c23-16-8-9-18(31-13-19(27)28)15(11-16)12-25-21(29)17-7-4-10-26(17)22(30)20(24)14-5-2-1-3-6-14/h8-9,11,14,17,20H,1-7,10,12-13,24H2,(H,25,29)(H,27,28)/t17-,20+/m0/s1. The van der Waals surface area contributed by atoms with Gasteiger partial charge >= 0.3 is 5.97 Å². The topological polar surface area (TPSA) is 122 Å². The molecule has 4 N–H and O–H groups in total. The maximum Gasteiger partial charge on any atom is 0.341 e. The molecule has 1 aliphatic heterocycles. The van der Waals surface area contributed by atoms with Crippen LogP contribution >= 0.6 is 11.6 Å². The summed E-state index contributed by atoms with van der Waals surface area (Å²) in [6, 6.07) is 3.67. The zero-order valence-corrected chi connectivity index (χ0v) is 18.3. The highest BCUT2D eigenvalue weighted by molar-refractivity contribution is 6.30. The summed E-state index contributed by atoms with van der Waals surface area (Å²) in [5.74, 6) is -0.972. The van der Waals surface area contributed by atoms with Crippen LogP contribution in [0.25, 0.3) is 0 Å². The summed E-state index contributed by atoms with van der Waals surface area (Å²) in [5.41, 5.74) is 6.86. The van der Waals surface area contributed by atoms with Crippen LogP contribution in [-0.2, 0) is 20.9 Å². The largest absolute Gasteiger partial charge is 0.482 e. The van der Waals surface area contributed by atoms with Gasteiger partial charge in [-0.25, -0.2) is 4.79 Å². The van der Waals surface area contributed by atoms with Gasteiger partial charge in [-0.05, 0) is 49.8 Å². The highest BCUT2D eigenvalue weighted by Gasteiger charge is 2.38. The lowest BCUT2D eigenvalue weighted by Crippen LogP contribution is -2.53. The fourth-order valence-corrected chi connectivity index (χ4v) is 4.65. The van der Waals surface area contributed by atoms with Crippen molar-refractivity contribution in [2.45, 2.75) is 63.6 Å². The van der Waals surface area contributed by atoms with E-state index in [1.54, 1.807) is 23.1 Å². The number of ether oxygens (including phenoxy) is 1. The minimum absolute atomic E-state index is 0.113. The molecule has 3 rings (SSSR count). The molecule has 1 aromatic rings. The fraction of sp³-hybridized carbons (Fsp3) is 0.591. The van der Waals surface area contributed by atoms with Crippen LogP contribution in [0.1, 0.15) is 50.5 Å². The Labute approximate surface area is 187 Å². The lowest BCUT2D eigenvalue weighted by Gasteiger charge is -2.32. The number of carbonyl (C=O) groups is 3. The number of carboxylic acids is 1. The molecule has 9 heteroatoms. The number of aliphatic carboxylic acids is 1. The molecule has 2 aliphatic rings. The number of hydrogen-bond acceptors (Lipinski definition) is 5. The molecule has 0 spiro atoms. The molecular formula is C22H30ClN3O5. The molecule has 0 unspecified atom stereocenters. The third kappa shape index (κ3) is 6.11. The lowest BCUT2D eigenvalue weighted by atomic mass is 9.83. The van der Waals surface area contributed by atoms with Crippen LogP contribution in [-0.4, -0.2) is 53.0 Å². The summed E-state index contributed by atoms with van der Waals surface area (Å²) in [4.78, 5) is 38.3. The molecule has 1 aromatic carbocycles. The van der Waals surface area contributed by atoms with E-state index < -0.39 is 24.7 Å². The molecule has 1 aliphatic carbocycles. The van der Waals surface area contributed by atoms with Crippen molar-refractivity contribution in [3.63, 3.8) is 0 Å². The normalized spacial score (nSPS) is 20.3. The van der Waals surface area contributed by atoms with Crippen molar-refractivity contribution < 1.29 is 24.2 Å². The van der Waals surface area contributed by atoms with Gasteiger partial charge in [0.05, 0.1) is 6.04 Å². The summed E-state index contributed by atoms with van der Waals surface area (Å²) in [6.45, 7) is 0.148. The average Bonchev–Trinajstić information content (AvgIpc) is 3.26. The van der Waals surface area contributed by atoms with E-state index in [0.717, 1.165) is 32.1 Å². The first kappa shape index (κ1) is 23.3. The lowest BCUT2D eigenvalue weighted by molar-refractivity contribution is -0.140. The van der Waals surface area contributed by atoms with Gasteiger partial charge in [0.1, 0.15) is 11.8 Å². The van der Waals surface area contributed by atoms with E-state index in [0.29, 0.717) is 29.3 Å². The molecule has 1 saturated carbocycles. The number of hydrogen-bond donors (Lipinski definition) is 3. The summed E-state index contributed by atoms with van der Waals surface area (Å²) in [6.07, 6.45) is 6.66. The van der Waals surface area contributed by atoms with E-state index in [4.69, 9.17) is 27.2 Å². The number of carbonyl (C=O) groups excluding carboxylic acids is 2. The van der Waals surface area contributed by atoms with E-state index in [9.17, 15) is 14.4 Å². The van der Waals surface area contributed by atoms with Crippen molar-refractivity contribution in [1.29, 1.82) is 0 Å². The van der Waals surface area contributed by atoms with Crippen molar-refractivity contribution in [3.8, 4) is 5.75 Å². The van der Waals surface area contributed by atoms with E-state index in [2.05, 4.69) is 5.32 Å². The molecule has 31 heavy (non-hydrogen) atoms. The number of nitrogens with zero attached hydrogens (tertiary/aromatic N) is 1. The zero-order chi connectivity index (χ0) is 22.4. The molecule has 170 valence electrons. The molecule has 0 radical (unpaired) electrons. The summed E-state index contributed by atoms with van der Waals surface area (Å²) >= 11 is 6.04. The molecule has 8 nitrogen and oxygen atoms in total. The molecule has 0 bridgehead atoms. The number of likely N-dealkylation sites (tertiary alicyclic amines) is 1. The van der Waals surface area contributed by atoms with Crippen LogP contribution in [0.15, 0.2) is 18.2 Å². The van der Waals surface area contributed by atoms with E-state index in [-0.39, 0.29) is 24.3 Å². The van der Waals surface area contributed by atoms with Gasteiger partial charge in [0, 0.05) is 23.7 Å². The number of nitrogens with one attached hydrogen (secondary N) is 1. The fourth-order valence-electron chi connectivity index (χ4n) is 4.46. The number of carboxylic acid groups (broad SMARTS) is 1. The summed E-state index contributed by atoms with van der Waals surface area (Å²) in [5, 5.41) is 12.1. The second-order valence-corrected chi connectivity index (χ2v) is 8.70. The van der Waals surface area contributed by atoms with Crippen LogP contribution in [0, 0.1) is 5.92 Å². The predicted molar refractivity (Wildman–Crippen MR) is 116 cm³/mol. The monoisotopic (exact) mass is 451 g/mol. The Morgan fingerprint density at radius 3 is 2.65 bits per heavy atom. The second kappa shape index (κ2) is 10.8. The Balaban J connectivity index is 1.61. The minimum Gasteiger partial charge on any atom is -0.482 e. The third-order valence-corrected chi connectivity index (χ3v) is 6.34. The maximum atomic E-state index is 13.0. The third-order valence-electron chi connectivity index (χ3n) is 6.11. The van der Waals surface area contributed by atoms with Gasteiger partial charge in [0.2, 0.25) is 11.8 Å². The Morgan fingerprint density at radius 1 is 1.19 bits per heavy atom. The Kier molecular flexibility index (Phi) is 8.15. The maximum absolute atomic E-state index is 13.0. The van der Waals surface area contributed by atoms with Crippen molar-refractivity contribution in [1.82, 2.24) is 10.2 Å². The van der Waals surface area contributed by atoms with Crippen LogP contribution in [0.5, 0.6) is 5.75 Å². The first-order valence-corrected chi connectivity index (χ1v) is 11.2. The molecule has 2 atom stereocenters. The quantitative estimate of drug-likeness (QED) is 0.557. The van der Waals surface area contributed by atoms with Crippen molar-refractivity contribution in [3.05, 3.63) is 28.8 Å². The Hall–Kier alpha value is -2.32. The minimum atomic E-state index is -1.10. The van der Waals surface area contributed by atoms with Crippen molar-refractivity contribution in [2.75, 3.05) is 13.2 Å². The van der Waals surface area contributed by atoms with Gasteiger partial charge in [-0.15, -0.1) is 0 Å². The van der Waals surface area contributed by atoms with Crippen LogP contribution in [0.3, 0.4) is 0 Å². The van der Waals surface area contributed by atoms with Crippen LogP contribution in [0.4, 0.5) is 0 Å². The molecule has 1 heterocycles. The number of benzene rings is 1. The van der Waals surface area contributed by atoms with Crippen molar-refractivity contribution in [2.24, 2.45) is 11.7 Å². The van der Waals surface area contributed by atoms with E-state index >= 15 is 0 Å². The van der Waals surface area contributed by atoms with Gasteiger partial charge < -0.3 is 25.8 Å². The smallest absolute Gasteiger partial charge is 0.341 e. The molecule has 2 amide bonds. The van der Waals surface area contributed by atoms with Gasteiger partial charge in [0.15, 0.2) is 6.61 Å². The van der Waals surface area contributed by atoms with Crippen LogP contribution < -0.4 is 15.8 Å². The van der Waals surface area contributed by atoms with Gasteiger partial charge in [-0.3, -0.25) is 9.59 Å². The second-order valence-electron chi connectivity index (χ2n) is 8.27. The average molecular weight is 452 g/mol. The number of halogens is 1. The van der Waals surface area contributed by atoms with E-state index in [1.807, 2.05) is 0 Å².